The first-order valence-corrected chi connectivity index (χ1v) is 12.7. The van der Waals surface area contributed by atoms with Crippen molar-refractivity contribution in [2.45, 2.75) is 83.0 Å². The van der Waals surface area contributed by atoms with Crippen molar-refractivity contribution in [3.63, 3.8) is 0 Å². The van der Waals surface area contributed by atoms with Crippen LogP contribution in [0.15, 0.2) is 35.2 Å². The highest BCUT2D eigenvalue weighted by Gasteiger charge is 2.20. The van der Waals surface area contributed by atoms with Crippen molar-refractivity contribution in [3.8, 4) is 0 Å². The zero-order chi connectivity index (χ0) is 21.5. The molecule has 29 heavy (non-hydrogen) atoms. The molecule has 0 atom stereocenters. The lowest BCUT2D eigenvalue weighted by atomic mass is 10.1. The van der Waals surface area contributed by atoms with Gasteiger partial charge in [0.2, 0.25) is 15.9 Å². The number of rotatable bonds is 16. The fraction of sp³-hybridized carbons (Fsp3) is 0.696. The number of hydrogen-bond donors (Lipinski definition) is 0. The Bertz CT molecular complexity index is 662. The van der Waals surface area contributed by atoms with E-state index in [1.54, 1.807) is 31.3 Å². The predicted molar refractivity (Wildman–Crippen MR) is 120 cm³/mol. The van der Waals surface area contributed by atoms with Crippen molar-refractivity contribution >= 4 is 15.9 Å². The van der Waals surface area contributed by atoms with Gasteiger partial charge in [-0.2, -0.15) is 0 Å². The van der Waals surface area contributed by atoms with Crippen LogP contribution in [0.5, 0.6) is 0 Å². The third-order valence-electron chi connectivity index (χ3n) is 5.23. The van der Waals surface area contributed by atoms with Crippen LogP contribution in [0.3, 0.4) is 0 Å². The van der Waals surface area contributed by atoms with Gasteiger partial charge in [0.05, 0.1) is 4.90 Å². The Morgan fingerprint density at radius 2 is 1.38 bits per heavy atom. The van der Waals surface area contributed by atoms with Crippen molar-refractivity contribution in [2.75, 3.05) is 26.7 Å². The van der Waals surface area contributed by atoms with Gasteiger partial charge in [0.1, 0.15) is 0 Å². The van der Waals surface area contributed by atoms with Crippen molar-refractivity contribution < 1.29 is 13.2 Å². The van der Waals surface area contributed by atoms with Gasteiger partial charge in [0.25, 0.3) is 0 Å². The SMILES string of the molecule is CCCCCCC(=O)N(CCCCCC)CCCN(C)S(=O)(=O)c1ccccc1. The summed E-state index contributed by atoms with van der Waals surface area (Å²) in [6.45, 7) is 6.16. The van der Waals surface area contributed by atoms with Crippen molar-refractivity contribution in [2.24, 2.45) is 0 Å². The van der Waals surface area contributed by atoms with Crippen LogP contribution < -0.4 is 0 Å². The van der Waals surface area contributed by atoms with E-state index in [-0.39, 0.29) is 5.91 Å². The lowest BCUT2D eigenvalue weighted by Crippen LogP contribution is -2.35. The minimum absolute atomic E-state index is 0.214. The molecule has 1 aromatic carbocycles. The van der Waals surface area contributed by atoms with E-state index in [9.17, 15) is 13.2 Å². The van der Waals surface area contributed by atoms with Gasteiger partial charge >= 0.3 is 0 Å². The second-order valence-electron chi connectivity index (χ2n) is 7.75. The average molecular weight is 425 g/mol. The maximum Gasteiger partial charge on any atom is 0.242 e. The van der Waals surface area contributed by atoms with E-state index in [0.717, 1.165) is 38.6 Å². The van der Waals surface area contributed by atoms with Gasteiger partial charge in [-0.3, -0.25) is 4.79 Å². The molecule has 1 amide bonds. The summed E-state index contributed by atoms with van der Waals surface area (Å²) < 4.78 is 26.7. The maximum absolute atomic E-state index is 12.7. The molecule has 5 nitrogen and oxygen atoms in total. The lowest BCUT2D eigenvalue weighted by Gasteiger charge is -2.24. The summed E-state index contributed by atoms with van der Waals surface area (Å²) in [5.74, 6) is 0.214. The van der Waals surface area contributed by atoms with Gasteiger partial charge in [-0.1, -0.05) is 70.6 Å². The topological polar surface area (TPSA) is 57.7 Å². The van der Waals surface area contributed by atoms with E-state index in [4.69, 9.17) is 0 Å². The maximum atomic E-state index is 12.7. The van der Waals surface area contributed by atoms with Crippen LogP contribution in [0.2, 0.25) is 0 Å². The zero-order valence-corrected chi connectivity index (χ0v) is 19.4. The number of carbonyl (C=O) groups excluding carboxylic acids is 1. The molecule has 1 rings (SSSR count). The largest absolute Gasteiger partial charge is 0.343 e. The fourth-order valence-electron chi connectivity index (χ4n) is 3.33. The number of unbranched alkanes of at least 4 members (excludes halogenated alkanes) is 6. The standard InChI is InChI=1S/C23H40N2O3S/c1-4-6-8-13-18-23(26)25(20-14-9-7-5-2)21-15-19-24(3)29(27,28)22-16-11-10-12-17-22/h10-12,16-17H,4-9,13-15,18-21H2,1-3H3. The van der Waals surface area contributed by atoms with Crippen molar-refractivity contribution in [1.82, 2.24) is 9.21 Å². The second kappa shape index (κ2) is 14.6. The number of amides is 1. The van der Waals surface area contributed by atoms with Crippen LogP contribution in [-0.2, 0) is 14.8 Å². The highest BCUT2D eigenvalue weighted by atomic mass is 32.2. The number of sulfonamides is 1. The summed E-state index contributed by atoms with van der Waals surface area (Å²) in [5.41, 5.74) is 0. The van der Waals surface area contributed by atoms with Crippen LogP contribution in [0.1, 0.15) is 78.1 Å². The van der Waals surface area contributed by atoms with E-state index in [1.807, 2.05) is 11.0 Å². The van der Waals surface area contributed by atoms with Crippen LogP contribution in [0.4, 0.5) is 0 Å². The molecule has 0 N–H and O–H groups in total. The van der Waals surface area contributed by atoms with Gasteiger partial charge < -0.3 is 4.90 Å². The fourth-order valence-corrected chi connectivity index (χ4v) is 4.56. The highest BCUT2D eigenvalue weighted by Crippen LogP contribution is 2.14. The third-order valence-corrected chi connectivity index (χ3v) is 7.10. The first-order chi connectivity index (χ1) is 13.9. The van der Waals surface area contributed by atoms with E-state index in [0.29, 0.717) is 30.8 Å². The molecule has 0 saturated heterocycles. The Kier molecular flexibility index (Phi) is 12.9. The molecule has 0 aliphatic carbocycles. The van der Waals surface area contributed by atoms with Crippen LogP contribution in [0, 0.1) is 0 Å². The quantitative estimate of drug-likeness (QED) is 0.348. The van der Waals surface area contributed by atoms with E-state index in [2.05, 4.69) is 13.8 Å². The average Bonchev–Trinajstić information content (AvgIpc) is 2.73. The molecule has 0 saturated carbocycles. The van der Waals surface area contributed by atoms with E-state index < -0.39 is 10.0 Å². The van der Waals surface area contributed by atoms with Gasteiger partial charge in [0.15, 0.2) is 0 Å². The number of nitrogens with zero attached hydrogens (tertiary/aromatic N) is 2. The number of carbonyl (C=O) groups is 1. The van der Waals surface area contributed by atoms with Crippen molar-refractivity contribution in [1.29, 1.82) is 0 Å². The Balaban J connectivity index is 2.55. The first-order valence-electron chi connectivity index (χ1n) is 11.2. The van der Waals surface area contributed by atoms with E-state index >= 15 is 0 Å². The molecule has 166 valence electrons. The number of hydrogen-bond acceptors (Lipinski definition) is 3. The second-order valence-corrected chi connectivity index (χ2v) is 9.79. The van der Waals surface area contributed by atoms with Crippen LogP contribution in [-0.4, -0.2) is 50.2 Å². The smallest absolute Gasteiger partial charge is 0.242 e. The highest BCUT2D eigenvalue weighted by molar-refractivity contribution is 7.89. The molecule has 0 fully saturated rings. The van der Waals surface area contributed by atoms with Crippen LogP contribution in [0.25, 0.3) is 0 Å². The van der Waals surface area contributed by atoms with Gasteiger partial charge in [-0.15, -0.1) is 0 Å². The van der Waals surface area contributed by atoms with Crippen molar-refractivity contribution in [3.05, 3.63) is 30.3 Å². The lowest BCUT2D eigenvalue weighted by molar-refractivity contribution is -0.131. The Morgan fingerprint density at radius 1 is 0.793 bits per heavy atom. The normalized spacial score (nSPS) is 11.7. The molecule has 0 heterocycles. The number of benzene rings is 1. The van der Waals surface area contributed by atoms with Gasteiger partial charge in [0, 0.05) is 33.1 Å². The van der Waals surface area contributed by atoms with Gasteiger partial charge in [-0.25, -0.2) is 12.7 Å². The monoisotopic (exact) mass is 424 g/mol. The molecule has 0 aromatic heterocycles. The summed E-state index contributed by atoms with van der Waals surface area (Å²) in [7, 11) is -1.86. The summed E-state index contributed by atoms with van der Waals surface area (Å²) in [5, 5.41) is 0. The zero-order valence-electron chi connectivity index (χ0n) is 18.6. The molecule has 6 heteroatoms. The summed E-state index contributed by atoms with van der Waals surface area (Å²) in [6, 6.07) is 8.50. The Hall–Kier alpha value is -1.40. The molecule has 1 aromatic rings. The molecular weight excluding hydrogens is 384 g/mol. The summed E-state index contributed by atoms with van der Waals surface area (Å²) >= 11 is 0. The molecule has 0 unspecified atom stereocenters. The minimum Gasteiger partial charge on any atom is -0.343 e. The molecule has 0 spiro atoms. The molecule has 0 aliphatic heterocycles. The summed E-state index contributed by atoms with van der Waals surface area (Å²) in [6.07, 6.45) is 10.2. The Labute approximate surface area is 178 Å². The first kappa shape index (κ1) is 25.6. The Morgan fingerprint density at radius 3 is 2.00 bits per heavy atom. The predicted octanol–water partition coefficient (Wildman–Crippen LogP) is 5.08. The minimum atomic E-state index is -3.47. The summed E-state index contributed by atoms with van der Waals surface area (Å²) in [4.78, 5) is 14.9. The molecule has 0 bridgehead atoms. The molecule has 0 radical (unpaired) electrons. The molecule has 0 aliphatic rings. The van der Waals surface area contributed by atoms with E-state index in [1.165, 1.54) is 23.6 Å². The van der Waals surface area contributed by atoms with Gasteiger partial charge in [-0.05, 0) is 31.4 Å². The third kappa shape index (κ3) is 9.77. The van der Waals surface area contributed by atoms with Crippen LogP contribution >= 0.6 is 0 Å². The molecular formula is C23H40N2O3S.